The molecule has 3 aromatic carbocycles. The Balaban J connectivity index is 1.38. The van der Waals surface area contributed by atoms with Crippen LogP contribution in [0.25, 0.3) is 11.0 Å². The number of carbonyl (C=O) groups excluding carboxylic acids is 1. The molecule has 5 rings (SSSR count). The van der Waals surface area contributed by atoms with Crippen LogP contribution in [0.3, 0.4) is 0 Å². The number of aromatic nitrogens is 2. The number of fused-ring (bicyclic) bond motifs is 3. The average molecular weight is 428 g/mol. The van der Waals surface area contributed by atoms with Crippen LogP contribution in [0.1, 0.15) is 16.2 Å². The quantitative estimate of drug-likeness (QED) is 0.513. The van der Waals surface area contributed by atoms with E-state index in [-0.39, 0.29) is 5.91 Å². The lowest BCUT2D eigenvalue weighted by molar-refractivity contribution is 0.102. The molecule has 0 spiro atoms. The standard InChI is InChI=1S/C25H24N4O3/c1-31-19-10-8-18(9-11-19)28-13-14-29-22-12-7-17(15-21(22)27-24(29)16-28)26-25(30)20-5-3-4-6-23(20)32-2/h3-12,15H,13-14,16H2,1-2H3,(H,26,30). The van der Waals surface area contributed by atoms with Crippen molar-refractivity contribution in [3.05, 3.63) is 78.1 Å². The number of anilines is 2. The highest BCUT2D eigenvalue weighted by molar-refractivity contribution is 6.06. The van der Waals surface area contributed by atoms with Gasteiger partial charge in [0.1, 0.15) is 17.3 Å². The van der Waals surface area contributed by atoms with Gasteiger partial charge in [0.05, 0.1) is 37.4 Å². The van der Waals surface area contributed by atoms with E-state index in [4.69, 9.17) is 14.5 Å². The number of rotatable bonds is 5. The molecule has 0 bridgehead atoms. The Morgan fingerprint density at radius 3 is 2.56 bits per heavy atom. The van der Waals surface area contributed by atoms with Gasteiger partial charge in [-0.05, 0) is 54.6 Å². The molecule has 0 atom stereocenters. The second-order valence-electron chi connectivity index (χ2n) is 7.66. The number of benzene rings is 3. The number of amides is 1. The lowest BCUT2D eigenvalue weighted by atomic mass is 10.2. The molecule has 0 fully saturated rings. The first kappa shape index (κ1) is 19.9. The van der Waals surface area contributed by atoms with Crippen molar-refractivity contribution in [3.8, 4) is 11.5 Å². The maximum atomic E-state index is 12.7. The SMILES string of the molecule is COc1ccc(N2CCn3c(nc4cc(NC(=O)c5ccccc5OC)ccc43)C2)cc1. The van der Waals surface area contributed by atoms with Gasteiger partial charge in [0.2, 0.25) is 0 Å². The summed E-state index contributed by atoms with van der Waals surface area (Å²) < 4.78 is 12.8. The minimum Gasteiger partial charge on any atom is -0.497 e. The Hall–Kier alpha value is -4.00. The summed E-state index contributed by atoms with van der Waals surface area (Å²) in [5.74, 6) is 2.19. The zero-order valence-corrected chi connectivity index (χ0v) is 18.0. The van der Waals surface area contributed by atoms with Gasteiger partial charge in [-0.3, -0.25) is 4.79 Å². The number of para-hydroxylation sites is 1. The molecule has 1 aliphatic rings. The van der Waals surface area contributed by atoms with Gasteiger partial charge in [-0.25, -0.2) is 4.98 Å². The van der Waals surface area contributed by atoms with Crippen LogP contribution in [0, 0.1) is 0 Å². The van der Waals surface area contributed by atoms with E-state index >= 15 is 0 Å². The Morgan fingerprint density at radius 1 is 0.969 bits per heavy atom. The predicted molar refractivity (Wildman–Crippen MR) is 125 cm³/mol. The van der Waals surface area contributed by atoms with Crippen LogP contribution < -0.4 is 19.7 Å². The molecule has 2 heterocycles. The summed E-state index contributed by atoms with van der Waals surface area (Å²) in [5, 5.41) is 2.96. The number of carbonyl (C=O) groups is 1. The topological polar surface area (TPSA) is 68.6 Å². The van der Waals surface area contributed by atoms with Crippen molar-refractivity contribution in [3.63, 3.8) is 0 Å². The van der Waals surface area contributed by atoms with E-state index in [1.807, 2.05) is 42.5 Å². The highest BCUT2D eigenvalue weighted by Gasteiger charge is 2.21. The molecular formula is C25H24N4O3. The van der Waals surface area contributed by atoms with Gasteiger partial charge >= 0.3 is 0 Å². The van der Waals surface area contributed by atoms with E-state index in [9.17, 15) is 4.79 Å². The first-order valence-corrected chi connectivity index (χ1v) is 10.5. The summed E-state index contributed by atoms with van der Waals surface area (Å²) in [6.07, 6.45) is 0. The van der Waals surface area contributed by atoms with E-state index in [2.05, 4.69) is 26.9 Å². The van der Waals surface area contributed by atoms with E-state index in [0.29, 0.717) is 17.0 Å². The van der Waals surface area contributed by atoms with E-state index in [0.717, 1.165) is 47.9 Å². The normalized spacial score (nSPS) is 13.0. The zero-order chi connectivity index (χ0) is 22.1. The fourth-order valence-electron chi connectivity index (χ4n) is 4.14. The Kier molecular flexibility index (Phi) is 5.15. The summed E-state index contributed by atoms with van der Waals surface area (Å²) >= 11 is 0. The number of methoxy groups -OCH3 is 2. The largest absolute Gasteiger partial charge is 0.497 e. The van der Waals surface area contributed by atoms with Crippen LogP contribution >= 0.6 is 0 Å². The third-order valence-electron chi connectivity index (χ3n) is 5.80. The zero-order valence-electron chi connectivity index (χ0n) is 18.0. The Labute approximate surface area is 186 Å². The molecule has 0 saturated heterocycles. The van der Waals surface area contributed by atoms with Crippen molar-refractivity contribution in [2.75, 3.05) is 31.0 Å². The molecule has 0 aliphatic carbocycles. The van der Waals surface area contributed by atoms with E-state index in [1.54, 1.807) is 26.4 Å². The molecule has 162 valence electrons. The molecular weight excluding hydrogens is 404 g/mol. The molecule has 0 unspecified atom stereocenters. The van der Waals surface area contributed by atoms with Crippen LogP contribution in [0.2, 0.25) is 0 Å². The van der Waals surface area contributed by atoms with Crippen molar-refractivity contribution < 1.29 is 14.3 Å². The number of ether oxygens (including phenoxy) is 2. The van der Waals surface area contributed by atoms with Gasteiger partial charge in [-0.1, -0.05) is 12.1 Å². The summed E-state index contributed by atoms with van der Waals surface area (Å²) in [6.45, 7) is 2.48. The van der Waals surface area contributed by atoms with Crippen molar-refractivity contribution in [2.24, 2.45) is 0 Å². The van der Waals surface area contributed by atoms with Gasteiger partial charge in [-0.2, -0.15) is 0 Å². The minimum atomic E-state index is -0.212. The molecule has 1 N–H and O–H groups in total. The van der Waals surface area contributed by atoms with Gasteiger partial charge < -0.3 is 24.3 Å². The van der Waals surface area contributed by atoms with Crippen molar-refractivity contribution in [2.45, 2.75) is 13.1 Å². The molecule has 32 heavy (non-hydrogen) atoms. The third-order valence-corrected chi connectivity index (χ3v) is 5.80. The summed E-state index contributed by atoms with van der Waals surface area (Å²) in [4.78, 5) is 19.9. The average Bonchev–Trinajstić information content (AvgIpc) is 3.21. The predicted octanol–water partition coefficient (Wildman–Crippen LogP) is 4.33. The number of hydrogen-bond donors (Lipinski definition) is 1. The fourth-order valence-corrected chi connectivity index (χ4v) is 4.14. The Morgan fingerprint density at radius 2 is 1.78 bits per heavy atom. The van der Waals surface area contributed by atoms with Gasteiger partial charge in [0.15, 0.2) is 0 Å². The number of nitrogens with zero attached hydrogens (tertiary/aromatic N) is 3. The third kappa shape index (κ3) is 3.62. The lowest BCUT2D eigenvalue weighted by Crippen LogP contribution is -2.33. The van der Waals surface area contributed by atoms with Gasteiger partial charge in [-0.15, -0.1) is 0 Å². The first-order chi connectivity index (χ1) is 15.7. The van der Waals surface area contributed by atoms with Gasteiger partial charge in [0.25, 0.3) is 5.91 Å². The smallest absolute Gasteiger partial charge is 0.259 e. The molecule has 0 saturated carbocycles. The van der Waals surface area contributed by atoms with Crippen LogP contribution in [0.4, 0.5) is 11.4 Å². The second-order valence-corrected chi connectivity index (χ2v) is 7.66. The van der Waals surface area contributed by atoms with Gasteiger partial charge in [0, 0.05) is 24.5 Å². The number of nitrogens with one attached hydrogen (secondary N) is 1. The van der Waals surface area contributed by atoms with Crippen LogP contribution in [0.5, 0.6) is 11.5 Å². The van der Waals surface area contributed by atoms with Crippen molar-refractivity contribution >= 4 is 28.3 Å². The first-order valence-electron chi connectivity index (χ1n) is 10.5. The van der Waals surface area contributed by atoms with Crippen LogP contribution in [-0.4, -0.2) is 36.2 Å². The van der Waals surface area contributed by atoms with Crippen molar-refractivity contribution in [1.82, 2.24) is 9.55 Å². The summed E-state index contributed by atoms with van der Waals surface area (Å²) in [5.41, 5.74) is 4.29. The summed E-state index contributed by atoms with van der Waals surface area (Å²) in [7, 11) is 3.23. The highest BCUT2D eigenvalue weighted by atomic mass is 16.5. The van der Waals surface area contributed by atoms with Crippen LogP contribution in [-0.2, 0) is 13.1 Å². The molecule has 1 aromatic heterocycles. The number of hydrogen-bond acceptors (Lipinski definition) is 5. The monoisotopic (exact) mass is 428 g/mol. The van der Waals surface area contributed by atoms with E-state index < -0.39 is 0 Å². The maximum absolute atomic E-state index is 12.7. The molecule has 1 aliphatic heterocycles. The fraction of sp³-hybridized carbons (Fsp3) is 0.200. The lowest BCUT2D eigenvalue weighted by Gasteiger charge is -2.30. The maximum Gasteiger partial charge on any atom is 0.259 e. The highest BCUT2D eigenvalue weighted by Crippen LogP contribution is 2.28. The van der Waals surface area contributed by atoms with Crippen LogP contribution in [0.15, 0.2) is 66.7 Å². The molecule has 1 amide bonds. The minimum absolute atomic E-state index is 0.212. The van der Waals surface area contributed by atoms with Crippen molar-refractivity contribution in [1.29, 1.82) is 0 Å². The van der Waals surface area contributed by atoms with E-state index in [1.165, 1.54) is 0 Å². The molecule has 7 nitrogen and oxygen atoms in total. The number of imidazole rings is 1. The summed E-state index contributed by atoms with van der Waals surface area (Å²) in [6, 6.07) is 21.1. The molecule has 7 heteroatoms. The molecule has 4 aromatic rings. The second kappa shape index (κ2) is 8.26. The Bertz CT molecular complexity index is 1280. The molecule has 0 radical (unpaired) electrons.